The number of hydrogen-bond donors (Lipinski definition) is 1. The highest BCUT2D eigenvalue weighted by molar-refractivity contribution is 5.92. The van der Waals surface area contributed by atoms with Crippen LogP contribution in [0.25, 0.3) is 5.69 Å². The second-order valence-electron chi connectivity index (χ2n) is 5.18. The van der Waals surface area contributed by atoms with Crippen LogP contribution in [0.2, 0.25) is 0 Å². The van der Waals surface area contributed by atoms with Gasteiger partial charge in [-0.15, -0.1) is 0 Å². The van der Waals surface area contributed by atoms with Gasteiger partial charge in [0.25, 0.3) is 5.91 Å². The number of halogens is 3. The third-order valence-electron chi connectivity index (χ3n) is 3.30. The second-order valence-corrected chi connectivity index (χ2v) is 5.18. The minimum absolute atomic E-state index is 0.198. The fourth-order valence-corrected chi connectivity index (χ4v) is 2.17. The minimum Gasteiger partial charge on any atom is -0.351 e. The van der Waals surface area contributed by atoms with Crippen LogP contribution in [-0.4, -0.2) is 22.2 Å². The van der Waals surface area contributed by atoms with Crippen LogP contribution in [0.1, 0.15) is 35.1 Å². The van der Waals surface area contributed by atoms with Crippen molar-refractivity contribution in [2.24, 2.45) is 0 Å². The number of aromatic nitrogens is 2. The summed E-state index contributed by atoms with van der Waals surface area (Å²) in [6, 6.07) is 5.95. The summed E-state index contributed by atoms with van der Waals surface area (Å²) in [5.41, 5.74) is -2.02. The van der Waals surface area contributed by atoms with E-state index in [0.717, 1.165) is 16.8 Å². The molecule has 1 amide bonds. The van der Waals surface area contributed by atoms with E-state index >= 15 is 0 Å². The normalized spacial score (nSPS) is 11.4. The van der Waals surface area contributed by atoms with Gasteiger partial charge in [0, 0.05) is 18.3 Å². The maximum Gasteiger partial charge on any atom is 0.418 e. The van der Waals surface area contributed by atoms with Crippen molar-refractivity contribution in [3.63, 3.8) is 0 Å². The number of alkyl halides is 3. The number of amides is 1. The lowest BCUT2D eigenvalue weighted by Crippen LogP contribution is -2.32. The Morgan fingerprint density at radius 3 is 2.58 bits per heavy atom. The maximum absolute atomic E-state index is 13.2. The summed E-state index contributed by atoms with van der Waals surface area (Å²) in [6.07, 6.45) is -3.93. The first-order valence-electron chi connectivity index (χ1n) is 7.31. The first-order valence-corrected chi connectivity index (χ1v) is 7.31. The third-order valence-corrected chi connectivity index (χ3v) is 3.30. The zero-order valence-corrected chi connectivity index (χ0v) is 13.1. The average Bonchev–Trinajstić information content (AvgIpc) is 2.52. The molecule has 0 saturated heterocycles. The smallest absolute Gasteiger partial charge is 0.351 e. The molecule has 0 aliphatic rings. The molecule has 8 heteroatoms. The molecule has 1 aromatic carbocycles. The Kier molecular flexibility index (Phi) is 5.06. The van der Waals surface area contributed by atoms with Crippen LogP contribution in [0.5, 0.6) is 0 Å². The molecule has 0 radical (unpaired) electrons. The molecular formula is C16H16F3N3O2. The number of hydrogen-bond acceptors (Lipinski definition) is 3. The van der Waals surface area contributed by atoms with Gasteiger partial charge in [0.1, 0.15) is 0 Å². The van der Waals surface area contributed by atoms with Crippen molar-refractivity contribution >= 4 is 5.91 Å². The summed E-state index contributed by atoms with van der Waals surface area (Å²) < 4.78 is 40.5. The Hall–Kier alpha value is -2.64. The van der Waals surface area contributed by atoms with Crippen molar-refractivity contribution in [2.75, 3.05) is 6.54 Å². The molecule has 0 aliphatic carbocycles. The first kappa shape index (κ1) is 17.7. The summed E-state index contributed by atoms with van der Waals surface area (Å²) in [4.78, 5) is 23.9. The Morgan fingerprint density at radius 2 is 1.96 bits per heavy atom. The highest BCUT2D eigenvalue weighted by Gasteiger charge is 2.34. The van der Waals surface area contributed by atoms with E-state index in [1.807, 2.05) is 6.92 Å². The summed E-state index contributed by atoms with van der Waals surface area (Å²) in [7, 11) is 0. The molecule has 2 aromatic rings. The topological polar surface area (TPSA) is 64.0 Å². The van der Waals surface area contributed by atoms with Crippen molar-refractivity contribution < 1.29 is 18.0 Å². The van der Waals surface area contributed by atoms with Crippen LogP contribution in [0, 0.1) is 6.92 Å². The first-order chi connectivity index (χ1) is 11.3. The number of nitrogens with one attached hydrogen (secondary N) is 1. The lowest BCUT2D eigenvalue weighted by atomic mass is 10.1. The molecule has 0 unspecified atom stereocenters. The van der Waals surface area contributed by atoms with E-state index in [-0.39, 0.29) is 11.4 Å². The molecule has 0 atom stereocenters. The van der Waals surface area contributed by atoms with E-state index in [9.17, 15) is 22.8 Å². The van der Waals surface area contributed by atoms with Crippen LogP contribution >= 0.6 is 0 Å². The van der Waals surface area contributed by atoms with Gasteiger partial charge in [-0.3, -0.25) is 9.59 Å². The summed E-state index contributed by atoms with van der Waals surface area (Å²) >= 11 is 0. The predicted molar refractivity (Wildman–Crippen MR) is 82.2 cm³/mol. The molecule has 2 rings (SSSR count). The molecule has 0 spiro atoms. The molecule has 1 aromatic heterocycles. The van der Waals surface area contributed by atoms with Crippen molar-refractivity contribution in [3.8, 4) is 5.69 Å². The Balaban J connectivity index is 2.61. The SMILES string of the molecule is CCCNC(=O)c1nn(-c2ccccc2C(F)(F)F)c(C)cc1=O. The van der Waals surface area contributed by atoms with E-state index in [4.69, 9.17) is 0 Å². The van der Waals surface area contributed by atoms with Crippen LogP contribution in [-0.2, 0) is 6.18 Å². The van der Waals surface area contributed by atoms with E-state index in [1.165, 1.54) is 25.1 Å². The predicted octanol–water partition coefficient (Wildman–Crippen LogP) is 2.70. The number of carbonyl (C=O) groups is 1. The van der Waals surface area contributed by atoms with Gasteiger partial charge in [-0.25, -0.2) is 4.68 Å². The fourth-order valence-electron chi connectivity index (χ4n) is 2.17. The van der Waals surface area contributed by atoms with Gasteiger partial charge in [0.05, 0.1) is 11.3 Å². The molecule has 128 valence electrons. The van der Waals surface area contributed by atoms with Crippen molar-refractivity contribution in [1.82, 2.24) is 15.1 Å². The molecule has 0 fully saturated rings. The van der Waals surface area contributed by atoms with Gasteiger partial charge >= 0.3 is 6.18 Å². The molecule has 0 aliphatic heterocycles. The third kappa shape index (κ3) is 3.64. The quantitative estimate of drug-likeness (QED) is 0.931. The van der Waals surface area contributed by atoms with Crippen LogP contribution in [0.15, 0.2) is 35.1 Å². The van der Waals surface area contributed by atoms with Gasteiger partial charge in [-0.2, -0.15) is 18.3 Å². The van der Waals surface area contributed by atoms with Crippen molar-refractivity contribution in [3.05, 3.63) is 57.5 Å². The van der Waals surface area contributed by atoms with Crippen LogP contribution in [0.4, 0.5) is 13.2 Å². The second kappa shape index (κ2) is 6.86. The summed E-state index contributed by atoms with van der Waals surface area (Å²) in [5.74, 6) is -0.708. The van der Waals surface area contributed by atoms with E-state index in [2.05, 4.69) is 10.4 Å². The number of nitrogens with zero attached hydrogens (tertiary/aromatic N) is 2. The van der Waals surface area contributed by atoms with Crippen molar-refractivity contribution in [2.45, 2.75) is 26.4 Å². The van der Waals surface area contributed by atoms with Gasteiger partial charge in [0.15, 0.2) is 5.69 Å². The van der Waals surface area contributed by atoms with Crippen molar-refractivity contribution in [1.29, 1.82) is 0 Å². The summed E-state index contributed by atoms with van der Waals surface area (Å²) in [5, 5.41) is 6.36. The molecule has 1 heterocycles. The van der Waals surface area contributed by atoms with Gasteiger partial charge < -0.3 is 5.32 Å². The Labute approximate surface area is 136 Å². The molecule has 24 heavy (non-hydrogen) atoms. The number of para-hydroxylation sites is 1. The zero-order valence-electron chi connectivity index (χ0n) is 13.1. The molecule has 0 saturated carbocycles. The Bertz CT molecular complexity index is 813. The fraction of sp³-hybridized carbons (Fsp3) is 0.312. The molecule has 0 bridgehead atoms. The van der Waals surface area contributed by atoms with Gasteiger partial charge in [-0.1, -0.05) is 19.1 Å². The average molecular weight is 339 g/mol. The number of rotatable bonds is 4. The minimum atomic E-state index is -4.58. The molecule has 1 N–H and O–H groups in total. The monoisotopic (exact) mass is 339 g/mol. The lowest BCUT2D eigenvalue weighted by Gasteiger charge is -2.16. The van der Waals surface area contributed by atoms with E-state index in [1.54, 1.807) is 0 Å². The molecule has 5 nitrogen and oxygen atoms in total. The van der Waals surface area contributed by atoms with Crippen LogP contribution < -0.4 is 10.7 Å². The summed E-state index contributed by atoms with van der Waals surface area (Å²) in [6.45, 7) is 3.63. The highest BCUT2D eigenvalue weighted by Crippen LogP contribution is 2.33. The van der Waals surface area contributed by atoms with Gasteiger partial charge in [0.2, 0.25) is 5.43 Å². The number of carbonyl (C=O) groups excluding carboxylic acids is 1. The number of benzene rings is 1. The van der Waals surface area contributed by atoms with E-state index < -0.39 is 28.8 Å². The Morgan fingerprint density at radius 1 is 1.29 bits per heavy atom. The highest BCUT2D eigenvalue weighted by atomic mass is 19.4. The zero-order chi connectivity index (χ0) is 17.9. The van der Waals surface area contributed by atoms with Gasteiger partial charge in [-0.05, 0) is 25.5 Å². The number of aryl methyl sites for hydroxylation is 1. The lowest BCUT2D eigenvalue weighted by molar-refractivity contribution is -0.137. The largest absolute Gasteiger partial charge is 0.418 e. The van der Waals surface area contributed by atoms with E-state index in [0.29, 0.717) is 13.0 Å². The molecular weight excluding hydrogens is 323 g/mol. The standard InChI is InChI=1S/C16H16F3N3O2/c1-3-8-20-15(24)14-13(23)9-10(2)22(21-14)12-7-5-4-6-11(12)16(17,18)19/h4-7,9H,3,8H2,1-2H3,(H,20,24). The maximum atomic E-state index is 13.2. The van der Waals surface area contributed by atoms with Crippen LogP contribution in [0.3, 0.4) is 0 Å².